The Morgan fingerprint density at radius 2 is 2.00 bits per heavy atom. The maximum atomic E-state index is 14.1. The van der Waals surface area contributed by atoms with Crippen LogP contribution in [0.15, 0.2) is 45.3 Å². The Hall–Kier alpha value is -1.36. The molecule has 3 rings (SSSR count). The Bertz CT molecular complexity index is 831. The first-order chi connectivity index (χ1) is 9.97. The third kappa shape index (κ3) is 2.59. The molecule has 0 bridgehead atoms. The molecular formula is C16H12BrClFNO. The van der Waals surface area contributed by atoms with Crippen molar-refractivity contribution in [1.29, 1.82) is 0 Å². The van der Waals surface area contributed by atoms with E-state index in [-0.39, 0.29) is 5.82 Å². The third-order valence-corrected chi connectivity index (χ3v) is 4.24. The van der Waals surface area contributed by atoms with E-state index in [0.29, 0.717) is 26.4 Å². The van der Waals surface area contributed by atoms with Gasteiger partial charge in [0, 0.05) is 26.0 Å². The summed E-state index contributed by atoms with van der Waals surface area (Å²) in [7, 11) is 0. The Morgan fingerprint density at radius 1 is 1.24 bits per heavy atom. The summed E-state index contributed by atoms with van der Waals surface area (Å²) in [6.07, 6.45) is 0. The lowest BCUT2D eigenvalue weighted by Gasteiger charge is -2.11. The van der Waals surface area contributed by atoms with Gasteiger partial charge in [0.05, 0.1) is 6.04 Å². The van der Waals surface area contributed by atoms with Gasteiger partial charge in [-0.1, -0.05) is 33.6 Å². The highest BCUT2D eigenvalue weighted by Gasteiger charge is 2.21. The van der Waals surface area contributed by atoms with Gasteiger partial charge < -0.3 is 10.2 Å². The highest BCUT2D eigenvalue weighted by molar-refractivity contribution is 9.10. The summed E-state index contributed by atoms with van der Waals surface area (Å²) < 4.78 is 20.5. The fourth-order valence-electron chi connectivity index (χ4n) is 2.40. The molecule has 0 aliphatic carbocycles. The van der Waals surface area contributed by atoms with Crippen LogP contribution in [-0.4, -0.2) is 0 Å². The van der Waals surface area contributed by atoms with E-state index in [1.54, 1.807) is 24.3 Å². The lowest BCUT2D eigenvalue weighted by Crippen LogP contribution is -2.13. The third-order valence-electron chi connectivity index (χ3n) is 3.52. The number of nitrogens with two attached hydrogens (primary N) is 1. The van der Waals surface area contributed by atoms with Gasteiger partial charge >= 0.3 is 0 Å². The average Bonchev–Trinajstić information content (AvgIpc) is 2.75. The lowest BCUT2D eigenvalue weighted by molar-refractivity contribution is 0.506. The maximum absolute atomic E-state index is 14.1. The number of hydrogen-bond donors (Lipinski definition) is 1. The topological polar surface area (TPSA) is 39.2 Å². The van der Waals surface area contributed by atoms with Crippen LogP contribution in [0.5, 0.6) is 0 Å². The van der Waals surface area contributed by atoms with Crippen LogP contribution in [0.1, 0.15) is 22.9 Å². The summed E-state index contributed by atoms with van der Waals surface area (Å²) >= 11 is 9.23. The number of rotatable bonds is 2. The van der Waals surface area contributed by atoms with Crippen molar-refractivity contribution >= 4 is 38.5 Å². The molecule has 0 spiro atoms. The molecular weight excluding hydrogens is 357 g/mol. The quantitative estimate of drug-likeness (QED) is 0.663. The number of benzene rings is 2. The summed E-state index contributed by atoms with van der Waals surface area (Å²) in [5.41, 5.74) is 8.15. The molecule has 1 atom stereocenters. The van der Waals surface area contributed by atoms with Crippen LogP contribution in [0, 0.1) is 12.7 Å². The molecule has 0 radical (unpaired) electrons. The van der Waals surface area contributed by atoms with Crippen LogP contribution in [0.4, 0.5) is 4.39 Å². The van der Waals surface area contributed by atoms with Gasteiger partial charge in [-0.25, -0.2) is 4.39 Å². The predicted octanol–water partition coefficient (Wildman–Crippen LogP) is 5.34. The second-order valence-corrected chi connectivity index (χ2v) is 6.23. The second-order valence-electron chi connectivity index (χ2n) is 4.88. The first-order valence-corrected chi connectivity index (χ1v) is 7.53. The van der Waals surface area contributed by atoms with Crippen LogP contribution in [0.3, 0.4) is 0 Å². The molecule has 0 fully saturated rings. The molecule has 1 heterocycles. The summed E-state index contributed by atoms with van der Waals surface area (Å²) in [6, 6.07) is 9.51. The minimum absolute atomic E-state index is 0.366. The molecule has 0 saturated carbocycles. The van der Waals surface area contributed by atoms with Gasteiger partial charge in [-0.3, -0.25) is 0 Å². The van der Waals surface area contributed by atoms with E-state index in [4.69, 9.17) is 21.8 Å². The van der Waals surface area contributed by atoms with Crippen molar-refractivity contribution in [3.63, 3.8) is 0 Å². The van der Waals surface area contributed by atoms with Crippen LogP contribution < -0.4 is 5.73 Å². The minimum Gasteiger partial charge on any atom is -0.459 e. The van der Waals surface area contributed by atoms with Gasteiger partial charge in [-0.05, 0) is 37.3 Å². The molecule has 108 valence electrons. The van der Waals surface area contributed by atoms with Crippen molar-refractivity contribution in [2.24, 2.45) is 5.73 Å². The van der Waals surface area contributed by atoms with E-state index < -0.39 is 6.04 Å². The van der Waals surface area contributed by atoms with E-state index in [0.717, 1.165) is 10.9 Å². The largest absolute Gasteiger partial charge is 0.459 e. The van der Waals surface area contributed by atoms with Crippen molar-refractivity contribution < 1.29 is 8.81 Å². The number of aryl methyl sites for hydroxylation is 1. The Balaban J connectivity index is 2.13. The zero-order chi connectivity index (χ0) is 15.1. The summed E-state index contributed by atoms with van der Waals surface area (Å²) in [4.78, 5) is 0. The van der Waals surface area contributed by atoms with Gasteiger partial charge in [0.2, 0.25) is 0 Å². The van der Waals surface area contributed by atoms with Crippen molar-refractivity contribution in [3.05, 3.63) is 68.6 Å². The molecule has 0 aliphatic heterocycles. The molecule has 3 aromatic rings. The molecule has 1 aromatic heterocycles. The van der Waals surface area contributed by atoms with Gasteiger partial charge in [-0.15, -0.1) is 0 Å². The summed E-state index contributed by atoms with van der Waals surface area (Å²) in [5.74, 6) is 0.184. The fraction of sp³-hybridized carbons (Fsp3) is 0.125. The fourth-order valence-corrected chi connectivity index (χ4v) is 2.91. The number of fused-ring (bicyclic) bond motifs is 1. The highest BCUT2D eigenvalue weighted by Crippen LogP contribution is 2.34. The van der Waals surface area contributed by atoms with Crippen molar-refractivity contribution in [2.75, 3.05) is 0 Å². The van der Waals surface area contributed by atoms with Crippen molar-refractivity contribution in [1.82, 2.24) is 0 Å². The standard InChI is InChI=1S/C16H12BrClFNO/c1-8-12-7-10(18)3-5-14(12)21-16(8)15(20)11-4-2-9(17)6-13(11)19/h2-7,15H,20H2,1H3. The van der Waals surface area contributed by atoms with E-state index in [9.17, 15) is 4.39 Å². The molecule has 2 aromatic carbocycles. The van der Waals surface area contributed by atoms with Crippen LogP contribution in [0.2, 0.25) is 5.02 Å². The Morgan fingerprint density at radius 3 is 2.71 bits per heavy atom. The highest BCUT2D eigenvalue weighted by atomic mass is 79.9. The summed E-state index contributed by atoms with van der Waals surface area (Å²) in [6.45, 7) is 1.90. The zero-order valence-electron chi connectivity index (χ0n) is 11.2. The second kappa shape index (κ2) is 5.44. The van der Waals surface area contributed by atoms with Crippen LogP contribution in [-0.2, 0) is 0 Å². The smallest absolute Gasteiger partial charge is 0.134 e. The molecule has 0 aliphatic rings. The van der Waals surface area contributed by atoms with Crippen LogP contribution >= 0.6 is 27.5 Å². The SMILES string of the molecule is Cc1c(C(N)c2ccc(Br)cc2F)oc2ccc(Cl)cc12. The van der Waals surface area contributed by atoms with Crippen molar-refractivity contribution in [3.8, 4) is 0 Å². The number of furan rings is 1. The Kier molecular flexibility index (Phi) is 3.78. The van der Waals surface area contributed by atoms with Gasteiger partial charge in [0.25, 0.3) is 0 Å². The van der Waals surface area contributed by atoms with Gasteiger partial charge in [0.1, 0.15) is 17.2 Å². The molecule has 1 unspecified atom stereocenters. The molecule has 2 N–H and O–H groups in total. The lowest BCUT2D eigenvalue weighted by atomic mass is 10.0. The van der Waals surface area contributed by atoms with Crippen LogP contribution in [0.25, 0.3) is 11.0 Å². The van der Waals surface area contributed by atoms with Gasteiger partial charge in [0.15, 0.2) is 0 Å². The monoisotopic (exact) mass is 367 g/mol. The minimum atomic E-state index is -0.663. The molecule has 2 nitrogen and oxygen atoms in total. The molecule has 5 heteroatoms. The first kappa shape index (κ1) is 14.6. The average molecular weight is 369 g/mol. The molecule has 21 heavy (non-hydrogen) atoms. The van der Waals surface area contributed by atoms with Crippen molar-refractivity contribution in [2.45, 2.75) is 13.0 Å². The zero-order valence-corrected chi connectivity index (χ0v) is 13.5. The van der Waals surface area contributed by atoms with E-state index >= 15 is 0 Å². The maximum Gasteiger partial charge on any atom is 0.134 e. The van der Waals surface area contributed by atoms with E-state index in [1.807, 2.05) is 13.0 Å². The predicted molar refractivity (Wildman–Crippen MR) is 86.1 cm³/mol. The summed E-state index contributed by atoms with van der Waals surface area (Å²) in [5, 5.41) is 1.52. The molecule has 0 saturated heterocycles. The van der Waals surface area contributed by atoms with Gasteiger partial charge in [-0.2, -0.15) is 0 Å². The molecule has 0 amide bonds. The van der Waals surface area contributed by atoms with E-state index in [2.05, 4.69) is 15.9 Å². The number of halogens is 3. The number of hydrogen-bond acceptors (Lipinski definition) is 2. The Labute approximate surface area is 134 Å². The normalized spacial score (nSPS) is 12.8. The van der Waals surface area contributed by atoms with E-state index in [1.165, 1.54) is 6.07 Å². The first-order valence-electron chi connectivity index (χ1n) is 6.36.